The molecule has 2 aromatic rings. The summed E-state index contributed by atoms with van der Waals surface area (Å²) in [4.78, 5) is 14.0. The van der Waals surface area contributed by atoms with Gasteiger partial charge in [0, 0.05) is 49.1 Å². The number of aryl methyl sites for hydroxylation is 1. The van der Waals surface area contributed by atoms with Gasteiger partial charge in [-0.05, 0) is 48.9 Å². The Morgan fingerprint density at radius 2 is 1.74 bits per heavy atom. The van der Waals surface area contributed by atoms with Crippen LogP contribution in [-0.2, 0) is 4.79 Å². The fraction of sp³-hybridized carbons (Fsp3) is 0.278. The molecule has 0 aliphatic carbocycles. The predicted molar refractivity (Wildman–Crippen MR) is 98.7 cm³/mol. The van der Waals surface area contributed by atoms with Gasteiger partial charge in [-0.1, -0.05) is 17.7 Å². The Kier molecular flexibility index (Phi) is 5.88. The molecule has 0 bridgehead atoms. The molecule has 0 spiro atoms. The van der Waals surface area contributed by atoms with Crippen LogP contribution in [0.15, 0.2) is 42.5 Å². The lowest BCUT2D eigenvalue weighted by Gasteiger charge is -2.13. The second-order valence-corrected chi connectivity index (χ2v) is 6.04. The minimum Gasteiger partial charge on any atom is -0.385 e. The minimum atomic E-state index is -0.0395. The Bertz CT molecular complexity index is 668. The first-order chi connectivity index (χ1) is 11.0. The van der Waals surface area contributed by atoms with Crippen molar-refractivity contribution in [3.8, 4) is 0 Å². The van der Waals surface area contributed by atoms with E-state index in [0.717, 1.165) is 22.6 Å². The third-order valence-electron chi connectivity index (χ3n) is 3.52. The number of rotatable bonds is 6. The molecule has 0 aromatic heterocycles. The molecule has 23 heavy (non-hydrogen) atoms. The summed E-state index contributed by atoms with van der Waals surface area (Å²) in [5.41, 5.74) is 3.86. The van der Waals surface area contributed by atoms with Gasteiger partial charge in [0.1, 0.15) is 0 Å². The summed E-state index contributed by atoms with van der Waals surface area (Å²) in [6.45, 7) is 2.51. The van der Waals surface area contributed by atoms with Gasteiger partial charge in [0.15, 0.2) is 0 Å². The summed E-state index contributed by atoms with van der Waals surface area (Å²) < 4.78 is 0. The van der Waals surface area contributed by atoms with Crippen molar-refractivity contribution in [2.75, 3.05) is 36.2 Å². The standard InChI is InChI=1S/C18H22ClN3O/c1-13-4-5-15(12-17(13)19)21-18(23)10-11-20-14-6-8-16(9-7-14)22(2)3/h4-9,12,20H,10-11H2,1-3H3,(H,21,23). The van der Waals surface area contributed by atoms with Crippen LogP contribution in [0.2, 0.25) is 5.02 Å². The highest BCUT2D eigenvalue weighted by molar-refractivity contribution is 6.31. The molecule has 2 N–H and O–H groups in total. The molecule has 0 fully saturated rings. The largest absolute Gasteiger partial charge is 0.385 e. The van der Waals surface area contributed by atoms with Crippen molar-refractivity contribution in [3.63, 3.8) is 0 Å². The lowest BCUT2D eigenvalue weighted by atomic mass is 10.2. The maximum Gasteiger partial charge on any atom is 0.226 e. The number of nitrogens with zero attached hydrogens (tertiary/aromatic N) is 1. The number of hydrogen-bond acceptors (Lipinski definition) is 3. The fourth-order valence-corrected chi connectivity index (χ4v) is 2.27. The summed E-state index contributed by atoms with van der Waals surface area (Å²) in [5.74, 6) is -0.0395. The van der Waals surface area contributed by atoms with Gasteiger partial charge in [-0.3, -0.25) is 4.79 Å². The predicted octanol–water partition coefficient (Wildman–Crippen LogP) is 4.16. The van der Waals surface area contributed by atoms with Crippen LogP contribution in [0, 0.1) is 6.92 Å². The summed E-state index contributed by atoms with van der Waals surface area (Å²) in [6, 6.07) is 13.6. The normalized spacial score (nSPS) is 10.3. The smallest absolute Gasteiger partial charge is 0.226 e. The SMILES string of the molecule is Cc1ccc(NC(=O)CCNc2ccc(N(C)C)cc2)cc1Cl. The molecule has 0 aliphatic rings. The fourth-order valence-electron chi connectivity index (χ4n) is 2.09. The molecule has 5 heteroatoms. The zero-order chi connectivity index (χ0) is 16.8. The van der Waals surface area contributed by atoms with E-state index in [9.17, 15) is 4.79 Å². The average molecular weight is 332 g/mol. The number of halogens is 1. The molecule has 0 aliphatic heterocycles. The van der Waals surface area contributed by atoms with Gasteiger partial charge >= 0.3 is 0 Å². The van der Waals surface area contributed by atoms with Gasteiger partial charge in [-0.25, -0.2) is 0 Å². The molecule has 4 nitrogen and oxygen atoms in total. The zero-order valence-corrected chi connectivity index (χ0v) is 14.4. The van der Waals surface area contributed by atoms with Crippen molar-refractivity contribution in [2.24, 2.45) is 0 Å². The average Bonchev–Trinajstić information content (AvgIpc) is 2.51. The van der Waals surface area contributed by atoms with Crippen molar-refractivity contribution in [1.82, 2.24) is 0 Å². The van der Waals surface area contributed by atoms with Gasteiger partial charge in [0.2, 0.25) is 5.91 Å². The van der Waals surface area contributed by atoms with Gasteiger partial charge < -0.3 is 15.5 Å². The molecular weight excluding hydrogens is 310 g/mol. The Labute approximate surface area is 142 Å². The highest BCUT2D eigenvalue weighted by Crippen LogP contribution is 2.20. The second-order valence-electron chi connectivity index (χ2n) is 5.63. The summed E-state index contributed by atoms with van der Waals surface area (Å²) in [5, 5.41) is 6.75. The maximum absolute atomic E-state index is 11.9. The molecule has 0 radical (unpaired) electrons. The highest BCUT2D eigenvalue weighted by atomic mass is 35.5. The Morgan fingerprint density at radius 1 is 1.09 bits per heavy atom. The van der Waals surface area contributed by atoms with Crippen molar-refractivity contribution in [1.29, 1.82) is 0 Å². The van der Waals surface area contributed by atoms with Crippen molar-refractivity contribution < 1.29 is 4.79 Å². The molecule has 122 valence electrons. The minimum absolute atomic E-state index is 0.0395. The van der Waals surface area contributed by atoms with Gasteiger partial charge in [-0.15, -0.1) is 0 Å². The molecule has 0 heterocycles. The first-order valence-corrected chi connectivity index (χ1v) is 7.91. The van der Waals surface area contributed by atoms with Crippen LogP contribution in [0.25, 0.3) is 0 Å². The molecule has 0 unspecified atom stereocenters. The summed E-state index contributed by atoms with van der Waals surface area (Å²) in [7, 11) is 4.01. The lowest BCUT2D eigenvalue weighted by Crippen LogP contribution is -2.16. The first-order valence-electron chi connectivity index (χ1n) is 7.53. The topological polar surface area (TPSA) is 44.4 Å². The van der Waals surface area contributed by atoms with Gasteiger partial charge in [0.05, 0.1) is 0 Å². The van der Waals surface area contributed by atoms with Crippen LogP contribution < -0.4 is 15.5 Å². The summed E-state index contributed by atoms with van der Waals surface area (Å²) in [6.07, 6.45) is 0.390. The van der Waals surface area contributed by atoms with Crippen LogP contribution in [0.5, 0.6) is 0 Å². The van der Waals surface area contributed by atoms with Crippen molar-refractivity contribution >= 4 is 34.6 Å². The van der Waals surface area contributed by atoms with E-state index in [0.29, 0.717) is 18.0 Å². The van der Waals surface area contributed by atoms with Crippen molar-refractivity contribution in [2.45, 2.75) is 13.3 Å². The number of anilines is 3. The molecule has 1 amide bonds. The van der Waals surface area contributed by atoms with Gasteiger partial charge in [0.25, 0.3) is 0 Å². The molecule has 0 atom stereocenters. The number of benzene rings is 2. The van der Waals surface area contributed by atoms with Crippen LogP contribution in [0.4, 0.5) is 17.1 Å². The van der Waals surface area contributed by atoms with E-state index in [1.54, 1.807) is 6.07 Å². The van der Waals surface area contributed by atoms with Gasteiger partial charge in [-0.2, -0.15) is 0 Å². The monoisotopic (exact) mass is 331 g/mol. The van der Waals surface area contributed by atoms with Crippen molar-refractivity contribution in [3.05, 3.63) is 53.1 Å². The molecule has 0 saturated carbocycles. The Hall–Kier alpha value is -2.20. The van der Waals surface area contributed by atoms with E-state index in [-0.39, 0.29) is 5.91 Å². The van der Waals surface area contributed by atoms with Crippen LogP contribution in [-0.4, -0.2) is 26.5 Å². The van der Waals surface area contributed by atoms with Crippen LogP contribution in [0.3, 0.4) is 0 Å². The third-order valence-corrected chi connectivity index (χ3v) is 3.93. The molecule has 2 aromatic carbocycles. The quantitative estimate of drug-likeness (QED) is 0.835. The Morgan fingerprint density at radius 3 is 2.35 bits per heavy atom. The number of carbonyl (C=O) groups is 1. The zero-order valence-electron chi connectivity index (χ0n) is 13.7. The molecule has 2 rings (SSSR count). The maximum atomic E-state index is 11.9. The Balaban J connectivity index is 1.79. The lowest BCUT2D eigenvalue weighted by molar-refractivity contribution is -0.115. The number of nitrogens with one attached hydrogen (secondary N) is 2. The van der Waals surface area contributed by atoms with E-state index in [1.807, 2.05) is 62.3 Å². The third kappa shape index (κ3) is 5.18. The highest BCUT2D eigenvalue weighted by Gasteiger charge is 2.04. The number of carbonyl (C=O) groups excluding carboxylic acids is 1. The molecular formula is C18H22ClN3O. The second kappa shape index (κ2) is 7.88. The van der Waals surface area contributed by atoms with E-state index < -0.39 is 0 Å². The molecule has 0 saturated heterocycles. The van der Waals surface area contributed by atoms with Crippen LogP contribution in [0.1, 0.15) is 12.0 Å². The van der Waals surface area contributed by atoms with E-state index in [4.69, 9.17) is 11.6 Å². The number of amides is 1. The van der Waals surface area contributed by atoms with E-state index in [2.05, 4.69) is 10.6 Å². The number of hydrogen-bond donors (Lipinski definition) is 2. The van der Waals surface area contributed by atoms with E-state index in [1.165, 1.54) is 0 Å². The van der Waals surface area contributed by atoms with Crippen LogP contribution >= 0.6 is 11.6 Å². The summed E-state index contributed by atoms with van der Waals surface area (Å²) >= 11 is 6.05. The van der Waals surface area contributed by atoms with E-state index >= 15 is 0 Å². The first kappa shape index (κ1) is 17.2.